The number of anilines is 1. The van der Waals surface area contributed by atoms with Gasteiger partial charge in [0.05, 0.1) is 15.5 Å². The van der Waals surface area contributed by atoms with Gasteiger partial charge in [-0.25, -0.2) is 8.42 Å². The van der Waals surface area contributed by atoms with E-state index in [0.717, 1.165) is 34.6 Å². The van der Waals surface area contributed by atoms with Crippen LogP contribution < -0.4 is 4.90 Å². The second kappa shape index (κ2) is 12.4. The summed E-state index contributed by atoms with van der Waals surface area (Å²) in [6.07, 6.45) is 11.2. The number of aliphatic carboxylic acids is 1. The number of carboxylic acid groups (broad SMARTS) is 1. The molecule has 7 nitrogen and oxygen atoms in total. The normalized spacial score (nSPS) is 18.1. The highest BCUT2D eigenvalue weighted by molar-refractivity contribution is 7.85. The van der Waals surface area contributed by atoms with Crippen molar-refractivity contribution in [2.45, 2.75) is 64.7 Å². The molecule has 0 aromatic heterocycles. The standard InChI is InChI=1S/C37H42N2O5S/c1-6-38-30-20-17-26(18-22-34(40)41)25-29(30)36(2,3)32(38)15-8-7-9-16-33-37(4,5)35-28-14-11-10-13-27(28)19-21-31(35)39(33)23-12-24-45(42,43)44/h7-11,13-17,19-21,25H,6,12,18,22-24H2,1-5H3,(H-,40,41,42,43,44). The highest BCUT2D eigenvalue weighted by atomic mass is 32.2. The third-order valence-corrected chi connectivity index (χ3v) is 9.95. The predicted octanol–water partition coefficient (Wildman–Crippen LogP) is 6.98. The topological polar surface area (TPSA) is 101 Å². The zero-order chi connectivity index (χ0) is 32.6. The average molecular weight is 627 g/mol. The number of hydrogen-bond acceptors (Lipinski definition) is 5. The molecule has 0 fully saturated rings. The summed E-state index contributed by atoms with van der Waals surface area (Å²) >= 11 is 0. The second-order valence-corrected chi connectivity index (χ2v) is 14.4. The maximum atomic E-state index is 11.4. The predicted molar refractivity (Wildman–Crippen MR) is 181 cm³/mol. The van der Waals surface area contributed by atoms with Crippen LogP contribution in [0.25, 0.3) is 10.8 Å². The van der Waals surface area contributed by atoms with Crippen LogP contribution in [-0.4, -0.2) is 53.2 Å². The summed E-state index contributed by atoms with van der Waals surface area (Å²) in [5, 5.41) is 11.4. The molecule has 2 aliphatic heterocycles. The van der Waals surface area contributed by atoms with Gasteiger partial charge in [-0.15, -0.1) is 0 Å². The molecule has 0 atom stereocenters. The molecule has 2 heterocycles. The van der Waals surface area contributed by atoms with Crippen LogP contribution in [0.2, 0.25) is 0 Å². The molecule has 0 radical (unpaired) electrons. The Balaban J connectivity index is 1.45. The van der Waals surface area contributed by atoms with Crippen LogP contribution in [-0.2, 0) is 32.2 Å². The maximum Gasteiger partial charge on any atom is 0.303 e. The van der Waals surface area contributed by atoms with Crippen molar-refractivity contribution in [1.29, 1.82) is 0 Å². The molecule has 0 bridgehead atoms. The molecule has 0 amide bonds. The molecule has 0 saturated carbocycles. The molecule has 236 valence electrons. The largest absolute Gasteiger partial charge is 0.748 e. The molecule has 2 aliphatic rings. The fraction of sp³-hybridized carbons (Fsp3) is 0.351. The summed E-state index contributed by atoms with van der Waals surface area (Å²) in [6, 6.07) is 18.8. The molecule has 3 aromatic rings. The number of allylic oxidation sites excluding steroid dienone is 6. The fourth-order valence-corrected chi connectivity index (χ4v) is 7.49. The van der Waals surface area contributed by atoms with E-state index in [1.54, 1.807) is 0 Å². The Labute approximate surface area is 266 Å². The first-order valence-electron chi connectivity index (χ1n) is 15.5. The average Bonchev–Trinajstić information content (AvgIpc) is 3.33. The SMILES string of the molecule is CCN1/C(=C/C=C/C=C/C2=[N+](CCCS(=O)(=O)[O-])c3ccc4ccccc4c3C2(C)C)C(C)(C)c2cc(CCC(=O)O)ccc21. The van der Waals surface area contributed by atoms with Gasteiger partial charge in [-0.3, -0.25) is 4.79 Å². The van der Waals surface area contributed by atoms with E-state index in [0.29, 0.717) is 13.0 Å². The van der Waals surface area contributed by atoms with Gasteiger partial charge in [0.1, 0.15) is 6.54 Å². The molecule has 45 heavy (non-hydrogen) atoms. The lowest BCUT2D eigenvalue weighted by Gasteiger charge is -2.25. The van der Waals surface area contributed by atoms with Crippen molar-refractivity contribution in [3.8, 4) is 0 Å². The van der Waals surface area contributed by atoms with Gasteiger partial charge in [0.25, 0.3) is 0 Å². The lowest BCUT2D eigenvalue weighted by atomic mass is 9.79. The van der Waals surface area contributed by atoms with Crippen molar-refractivity contribution in [1.82, 2.24) is 0 Å². The lowest BCUT2D eigenvalue weighted by molar-refractivity contribution is -0.437. The first-order chi connectivity index (χ1) is 21.3. The Hall–Kier alpha value is -4.01. The van der Waals surface area contributed by atoms with E-state index in [9.17, 15) is 17.8 Å². The van der Waals surface area contributed by atoms with E-state index < -0.39 is 21.8 Å². The number of carboxylic acids is 1. The molecule has 8 heteroatoms. The van der Waals surface area contributed by atoms with E-state index in [1.807, 2.05) is 36.4 Å². The monoisotopic (exact) mass is 626 g/mol. The molecule has 0 saturated heterocycles. The zero-order valence-electron chi connectivity index (χ0n) is 26.7. The second-order valence-electron chi connectivity index (χ2n) is 12.9. The van der Waals surface area contributed by atoms with Gasteiger partial charge >= 0.3 is 5.97 Å². The van der Waals surface area contributed by atoms with Crippen LogP contribution >= 0.6 is 0 Å². The molecule has 0 spiro atoms. The molecular formula is C37H42N2O5S. The molecule has 5 rings (SSSR count). The quantitative estimate of drug-likeness (QED) is 0.140. The van der Waals surface area contributed by atoms with E-state index in [1.165, 1.54) is 22.2 Å². The zero-order valence-corrected chi connectivity index (χ0v) is 27.5. The third-order valence-electron chi connectivity index (χ3n) is 9.16. The Morgan fingerprint density at radius 1 is 1.00 bits per heavy atom. The number of carbonyl (C=O) groups is 1. The van der Waals surface area contributed by atoms with Crippen LogP contribution in [0.5, 0.6) is 0 Å². The number of fused-ring (bicyclic) bond motifs is 4. The Bertz CT molecular complexity index is 1880. The van der Waals surface area contributed by atoms with Gasteiger partial charge in [-0.1, -0.05) is 68.5 Å². The number of aryl methyl sites for hydroxylation is 1. The summed E-state index contributed by atoms with van der Waals surface area (Å²) in [5.41, 5.74) is 7.25. The van der Waals surface area contributed by atoms with Crippen LogP contribution in [0.1, 0.15) is 64.2 Å². The minimum atomic E-state index is -4.30. The smallest absolute Gasteiger partial charge is 0.303 e. The van der Waals surface area contributed by atoms with Crippen LogP contribution in [0, 0.1) is 0 Å². The van der Waals surface area contributed by atoms with E-state index in [4.69, 9.17) is 5.11 Å². The number of benzene rings is 3. The number of hydrogen-bond donors (Lipinski definition) is 1. The van der Waals surface area contributed by atoms with Gasteiger partial charge < -0.3 is 14.6 Å². The Morgan fingerprint density at radius 2 is 1.76 bits per heavy atom. The highest BCUT2D eigenvalue weighted by Gasteiger charge is 2.45. The summed E-state index contributed by atoms with van der Waals surface area (Å²) < 4.78 is 36.3. The fourth-order valence-electron chi connectivity index (χ4n) is 7.00. The molecule has 3 aromatic carbocycles. The third kappa shape index (κ3) is 6.40. The summed E-state index contributed by atoms with van der Waals surface area (Å²) in [7, 11) is -4.30. The molecular weight excluding hydrogens is 584 g/mol. The highest BCUT2D eigenvalue weighted by Crippen LogP contribution is 2.48. The van der Waals surface area contributed by atoms with Crippen molar-refractivity contribution >= 4 is 43.9 Å². The Kier molecular flexibility index (Phi) is 8.93. The van der Waals surface area contributed by atoms with Crippen molar-refractivity contribution in [3.05, 3.63) is 107 Å². The van der Waals surface area contributed by atoms with E-state index in [2.05, 4.69) is 92.6 Å². The molecule has 1 N–H and O–H groups in total. The summed E-state index contributed by atoms with van der Waals surface area (Å²) in [4.78, 5) is 13.4. The van der Waals surface area contributed by atoms with Gasteiger partial charge in [0.15, 0.2) is 5.71 Å². The lowest BCUT2D eigenvalue weighted by Crippen LogP contribution is -2.28. The van der Waals surface area contributed by atoms with Crippen LogP contribution in [0.3, 0.4) is 0 Å². The number of rotatable bonds is 11. The van der Waals surface area contributed by atoms with E-state index in [-0.39, 0.29) is 23.7 Å². The minimum Gasteiger partial charge on any atom is -0.748 e. The van der Waals surface area contributed by atoms with E-state index >= 15 is 0 Å². The number of nitrogens with zero attached hydrogens (tertiary/aromatic N) is 2. The minimum absolute atomic E-state index is 0.112. The van der Waals surface area contributed by atoms with Crippen molar-refractivity contribution < 1.29 is 27.4 Å². The van der Waals surface area contributed by atoms with Crippen molar-refractivity contribution in [3.63, 3.8) is 0 Å². The van der Waals surface area contributed by atoms with Crippen LogP contribution in [0.15, 0.2) is 90.7 Å². The first kappa shape index (κ1) is 32.4. The van der Waals surface area contributed by atoms with Crippen molar-refractivity contribution in [2.24, 2.45) is 0 Å². The molecule has 0 aliphatic carbocycles. The maximum absolute atomic E-state index is 11.4. The number of likely N-dealkylation sites (N-methyl/N-ethyl adjacent to an activating group) is 1. The summed E-state index contributed by atoms with van der Waals surface area (Å²) in [6.45, 7) is 12.2. The van der Waals surface area contributed by atoms with Crippen LogP contribution in [0.4, 0.5) is 11.4 Å². The first-order valence-corrected chi connectivity index (χ1v) is 17.1. The van der Waals surface area contributed by atoms with Crippen molar-refractivity contribution in [2.75, 3.05) is 23.7 Å². The van der Waals surface area contributed by atoms with Gasteiger partial charge in [0.2, 0.25) is 5.69 Å². The van der Waals surface area contributed by atoms with Gasteiger partial charge in [-0.05, 0) is 67.3 Å². The van der Waals surface area contributed by atoms with Gasteiger partial charge in [-0.2, -0.15) is 4.58 Å². The Morgan fingerprint density at radius 3 is 2.47 bits per heavy atom. The van der Waals surface area contributed by atoms with Gasteiger partial charge in [0, 0.05) is 59.6 Å². The molecule has 0 unspecified atom stereocenters. The summed E-state index contributed by atoms with van der Waals surface area (Å²) in [5.74, 6) is -1.19.